The molecule has 1 aliphatic heterocycles. The zero-order valence-corrected chi connectivity index (χ0v) is 12.2. The Morgan fingerprint density at radius 2 is 2.21 bits per heavy atom. The molecule has 0 aromatic heterocycles. The summed E-state index contributed by atoms with van der Waals surface area (Å²) in [6.45, 7) is 9.65. The standard InChI is InChI=1S/C14H26N2O3/c1-4-15-14(12(17)18,11-5-6-11)10-16-7-8-19-13(2,3)9-16/h11,15H,4-10H2,1-3H3,(H,17,18). The van der Waals surface area contributed by atoms with Crippen LogP contribution in [0.25, 0.3) is 0 Å². The zero-order valence-electron chi connectivity index (χ0n) is 12.2. The van der Waals surface area contributed by atoms with Crippen molar-refractivity contribution in [3.63, 3.8) is 0 Å². The summed E-state index contributed by atoms with van der Waals surface area (Å²) >= 11 is 0. The minimum absolute atomic E-state index is 0.182. The van der Waals surface area contributed by atoms with Crippen molar-refractivity contribution in [2.75, 3.05) is 32.8 Å². The van der Waals surface area contributed by atoms with Gasteiger partial charge < -0.3 is 15.2 Å². The predicted octanol–water partition coefficient (Wildman–Crippen LogP) is 0.940. The van der Waals surface area contributed by atoms with E-state index in [4.69, 9.17) is 4.74 Å². The number of likely N-dealkylation sites (N-methyl/N-ethyl adjacent to an activating group) is 1. The zero-order chi connectivity index (χ0) is 14.1. The molecule has 5 heteroatoms. The fourth-order valence-corrected chi connectivity index (χ4v) is 3.14. The second-order valence-electron chi connectivity index (χ2n) is 6.40. The molecule has 1 saturated carbocycles. The lowest BCUT2D eigenvalue weighted by Gasteiger charge is -2.42. The van der Waals surface area contributed by atoms with E-state index >= 15 is 0 Å². The van der Waals surface area contributed by atoms with E-state index in [1.54, 1.807) is 0 Å². The average Bonchev–Trinajstić information content (AvgIpc) is 3.10. The first-order valence-corrected chi connectivity index (χ1v) is 7.24. The molecule has 2 N–H and O–H groups in total. The van der Waals surface area contributed by atoms with Crippen LogP contribution in [0.15, 0.2) is 0 Å². The molecular weight excluding hydrogens is 244 g/mol. The van der Waals surface area contributed by atoms with Gasteiger partial charge >= 0.3 is 5.97 Å². The summed E-state index contributed by atoms with van der Waals surface area (Å²) in [5, 5.41) is 13.0. The Balaban J connectivity index is 2.09. The highest BCUT2D eigenvalue weighted by Crippen LogP contribution is 2.40. The van der Waals surface area contributed by atoms with Gasteiger partial charge in [0.15, 0.2) is 0 Å². The number of hydrogen-bond donors (Lipinski definition) is 2. The summed E-state index contributed by atoms with van der Waals surface area (Å²) in [4.78, 5) is 14.0. The number of aliphatic carboxylic acids is 1. The van der Waals surface area contributed by atoms with Crippen molar-refractivity contribution in [1.82, 2.24) is 10.2 Å². The minimum atomic E-state index is -0.776. The topological polar surface area (TPSA) is 61.8 Å². The Morgan fingerprint density at radius 1 is 1.53 bits per heavy atom. The largest absolute Gasteiger partial charge is 0.480 e. The van der Waals surface area contributed by atoms with Gasteiger partial charge in [-0.1, -0.05) is 6.92 Å². The van der Waals surface area contributed by atoms with Crippen molar-refractivity contribution < 1.29 is 14.6 Å². The van der Waals surface area contributed by atoms with Crippen LogP contribution in [0, 0.1) is 5.92 Å². The summed E-state index contributed by atoms with van der Waals surface area (Å²) in [5.41, 5.74) is -0.958. The summed E-state index contributed by atoms with van der Waals surface area (Å²) in [6, 6.07) is 0. The number of ether oxygens (including phenoxy) is 1. The van der Waals surface area contributed by atoms with E-state index < -0.39 is 11.5 Å². The van der Waals surface area contributed by atoms with Crippen LogP contribution in [-0.2, 0) is 9.53 Å². The van der Waals surface area contributed by atoms with Crippen LogP contribution >= 0.6 is 0 Å². The Labute approximate surface area is 115 Å². The van der Waals surface area contributed by atoms with Crippen molar-refractivity contribution in [2.45, 2.75) is 44.8 Å². The summed E-state index contributed by atoms with van der Waals surface area (Å²) < 4.78 is 5.70. The molecule has 1 saturated heterocycles. The summed E-state index contributed by atoms with van der Waals surface area (Å²) in [7, 11) is 0. The van der Waals surface area contributed by atoms with E-state index in [1.165, 1.54) is 0 Å². The van der Waals surface area contributed by atoms with Crippen LogP contribution in [0.4, 0.5) is 0 Å². The lowest BCUT2D eigenvalue weighted by Crippen LogP contribution is -2.63. The maximum absolute atomic E-state index is 11.8. The van der Waals surface area contributed by atoms with E-state index in [0.717, 1.165) is 25.9 Å². The van der Waals surface area contributed by atoms with Gasteiger partial charge in [-0.25, -0.2) is 0 Å². The third-order valence-corrected chi connectivity index (χ3v) is 4.13. The molecule has 5 nitrogen and oxygen atoms in total. The number of rotatable bonds is 6. The number of carboxylic acids is 1. The number of nitrogens with zero attached hydrogens (tertiary/aromatic N) is 1. The van der Waals surface area contributed by atoms with E-state index in [1.807, 2.05) is 6.92 Å². The van der Waals surface area contributed by atoms with Crippen molar-refractivity contribution in [1.29, 1.82) is 0 Å². The fraction of sp³-hybridized carbons (Fsp3) is 0.929. The van der Waals surface area contributed by atoms with Crippen LogP contribution in [0.3, 0.4) is 0 Å². The monoisotopic (exact) mass is 270 g/mol. The van der Waals surface area contributed by atoms with Crippen LogP contribution in [-0.4, -0.2) is 59.9 Å². The lowest BCUT2D eigenvalue weighted by molar-refractivity contribution is -0.149. The molecule has 1 atom stereocenters. The van der Waals surface area contributed by atoms with E-state index in [9.17, 15) is 9.90 Å². The van der Waals surface area contributed by atoms with E-state index in [2.05, 4.69) is 24.1 Å². The van der Waals surface area contributed by atoms with Crippen LogP contribution in [0.1, 0.15) is 33.6 Å². The van der Waals surface area contributed by atoms with E-state index in [-0.39, 0.29) is 11.5 Å². The molecule has 1 unspecified atom stereocenters. The predicted molar refractivity (Wildman–Crippen MR) is 73.2 cm³/mol. The van der Waals surface area contributed by atoms with Gasteiger partial charge in [0.2, 0.25) is 0 Å². The summed E-state index contributed by atoms with van der Waals surface area (Å²) in [6.07, 6.45) is 2.04. The van der Waals surface area contributed by atoms with Gasteiger partial charge in [0.25, 0.3) is 0 Å². The highest BCUT2D eigenvalue weighted by Gasteiger charge is 2.52. The molecule has 2 aliphatic rings. The van der Waals surface area contributed by atoms with Crippen molar-refractivity contribution in [2.24, 2.45) is 5.92 Å². The first-order valence-electron chi connectivity index (χ1n) is 7.24. The quantitative estimate of drug-likeness (QED) is 0.752. The Bertz CT molecular complexity index is 342. The van der Waals surface area contributed by atoms with Crippen molar-refractivity contribution in [3.05, 3.63) is 0 Å². The lowest BCUT2D eigenvalue weighted by atomic mass is 9.91. The fourth-order valence-electron chi connectivity index (χ4n) is 3.14. The van der Waals surface area contributed by atoms with Gasteiger partial charge in [0.05, 0.1) is 12.2 Å². The molecule has 0 bridgehead atoms. The molecule has 0 aromatic carbocycles. The van der Waals surface area contributed by atoms with Crippen LogP contribution in [0.2, 0.25) is 0 Å². The second-order valence-corrected chi connectivity index (χ2v) is 6.40. The molecule has 1 aliphatic carbocycles. The second kappa shape index (κ2) is 5.38. The van der Waals surface area contributed by atoms with Gasteiger partial charge in [0.1, 0.15) is 5.54 Å². The molecule has 0 radical (unpaired) electrons. The molecule has 110 valence electrons. The van der Waals surface area contributed by atoms with Gasteiger partial charge in [-0.3, -0.25) is 9.69 Å². The third-order valence-electron chi connectivity index (χ3n) is 4.13. The third kappa shape index (κ3) is 3.27. The maximum Gasteiger partial charge on any atom is 0.325 e. The molecule has 19 heavy (non-hydrogen) atoms. The Kier molecular flexibility index (Phi) is 4.18. The molecule has 2 rings (SSSR count). The first kappa shape index (κ1) is 14.8. The number of morpholine rings is 1. The molecule has 0 amide bonds. The molecule has 2 fully saturated rings. The van der Waals surface area contributed by atoms with Crippen molar-refractivity contribution >= 4 is 5.97 Å². The molecule has 1 heterocycles. The SMILES string of the molecule is CCNC(CN1CCOC(C)(C)C1)(C(=O)O)C1CC1. The number of hydrogen-bond acceptors (Lipinski definition) is 4. The highest BCUT2D eigenvalue weighted by molar-refractivity contribution is 5.80. The van der Waals surface area contributed by atoms with E-state index in [0.29, 0.717) is 19.7 Å². The Morgan fingerprint density at radius 3 is 2.68 bits per heavy atom. The van der Waals surface area contributed by atoms with Crippen LogP contribution in [0.5, 0.6) is 0 Å². The summed E-state index contributed by atoms with van der Waals surface area (Å²) in [5.74, 6) is -0.433. The minimum Gasteiger partial charge on any atom is -0.480 e. The average molecular weight is 270 g/mol. The Hall–Kier alpha value is -0.650. The molecule has 0 spiro atoms. The van der Waals surface area contributed by atoms with Gasteiger partial charge in [-0.2, -0.15) is 0 Å². The molecule has 0 aromatic rings. The van der Waals surface area contributed by atoms with Gasteiger partial charge in [0, 0.05) is 19.6 Å². The number of carboxylic acid groups (broad SMARTS) is 1. The number of nitrogens with one attached hydrogen (secondary N) is 1. The smallest absolute Gasteiger partial charge is 0.325 e. The van der Waals surface area contributed by atoms with Gasteiger partial charge in [-0.05, 0) is 39.2 Å². The van der Waals surface area contributed by atoms with Gasteiger partial charge in [-0.15, -0.1) is 0 Å². The maximum atomic E-state index is 11.8. The number of carbonyl (C=O) groups is 1. The van der Waals surface area contributed by atoms with Crippen LogP contribution < -0.4 is 5.32 Å². The van der Waals surface area contributed by atoms with Crippen molar-refractivity contribution in [3.8, 4) is 0 Å². The molecular formula is C14H26N2O3. The normalized spacial score (nSPS) is 26.9. The highest BCUT2D eigenvalue weighted by atomic mass is 16.5. The first-order chi connectivity index (χ1) is 8.89.